The Morgan fingerprint density at radius 1 is 1.23 bits per heavy atom. The van der Waals surface area contributed by atoms with Crippen molar-refractivity contribution in [1.82, 2.24) is 9.55 Å². The molecule has 6 nitrogen and oxygen atoms in total. The summed E-state index contributed by atoms with van der Waals surface area (Å²) in [5.41, 5.74) is 4.21. The lowest BCUT2D eigenvalue weighted by Gasteiger charge is -2.10. The van der Waals surface area contributed by atoms with Crippen LogP contribution in [0.2, 0.25) is 0 Å². The zero-order valence-corrected chi connectivity index (χ0v) is 17.1. The first-order valence-corrected chi connectivity index (χ1v) is 9.78. The first-order chi connectivity index (χ1) is 14.6. The molecular formula is C24H24N4O2. The van der Waals surface area contributed by atoms with Crippen molar-refractivity contribution in [2.45, 2.75) is 26.7 Å². The number of benzene rings is 1. The SMILES string of the molecule is Cc1cc(/C=C/C(=O)Nc2ncccc2OCCCC#N)c(C)n1-c1ccccc1. The molecule has 0 aliphatic heterocycles. The maximum absolute atomic E-state index is 12.4. The summed E-state index contributed by atoms with van der Waals surface area (Å²) < 4.78 is 7.79. The smallest absolute Gasteiger partial charge is 0.249 e. The van der Waals surface area contributed by atoms with Gasteiger partial charge in [-0.15, -0.1) is 0 Å². The second kappa shape index (κ2) is 10.1. The van der Waals surface area contributed by atoms with Crippen molar-refractivity contribution in [2.75, 3.05) is 11.9 Å². The molecule has 2 heterocycles. The number of nitrogens with one attached hydrogen (secondary N) is 1. The first-order valence-electron chi connectivity index (χ1n) is 9.78. The van der Waals surface area contributed by atoms with Gasteiger partial charge in [0, 0.05) is 35.8 Å². The van der Waals surface area contributed by atoms with Crippen LogP contribution in [0.4, 0.5) is 5.82 Å². The van der Waals surface area contributed by atoms with Gasteiger partial charge in [-0.3, -0.25) is 4.79 Å². The lowest BCUT2D eigenvalue weighted by molar-refractivity contribution is -0.111. The number of aryl methyl sites for hydroxylation is 1. The molecule has 0 unspecified atom stereocenters. The fourth-order valence-corrected chi connectivity index (χ4v) is 3.19. The zero-order valence-electron chi connectivity index (χ0n) is 17.1. The third-order valence-electron chi connectivity index (χ3n) is 4.60. The predicted octanol–water partition coefficient (Wildman–Crippen LogP) is 4.82. The summed E-state index contributed by atoms with van der Waals surface area (Å²) in [6.45, 7) is 4.47. The van der Waals surface area contributed by atoms with E-state index in [9.17, 15) is 4.79 Å². The van der Waals surface area contributed by atoms with Gasteiger partial charge in [0.05, 0.1) is 12.7 Å². The van der Waals surface area contributed by atoms with Crippen molar-refractivity contribution in [2.24, 2.45) is 0 Å². The molecule has 0 saturated carbocycles. The molecule has 152 valence electrons. The summed E-state index contributed by atoms with van der Waals surface area (Å²) in [4.78, 5) is 16.6. The molecule has 30 heavy (non-hydrogen) atoms. The average molecular weight is 400 g/mol. The van der Waals surface area contributed by atoms with Gasteiger partial charge in [-0.2, -0.15) is 5.26 Å². The van der Waals surface area contributed by atoms with E-state index in [-0.39, 0.29) is 5.91 Å². The molecule has 0 aliphatic rings. The van der Waals surface area contributed by atoms with Gasteiger partial charge in [0.15, 0.2) is 11.6 Å². The second-order valence-corrected chi connectivity index (χ2v) is 6.78. The summed E-state index contributed by atoms with van der Waals surface area (Å²) >= 11 is 0. The van der Waals surface area contributed by atoms with Crippen molar-refractivity contribution in [3.05, 3.63) is 77.8 Å². The molecule has 1 N–H and O–H groups in total. The predicted molar refractivity (Wildman–Crippen MR) is 117 cm³/mol. The van der Waals surface area contributed by atoms with Crippen LogP contribution in [-0.4, -0.2) is 22.1 Å². The Bertz CT molecular complexity index is 1080. The molecule has 0 bridgehead atoms. The van der Waals surface area contributed by atoms with Crippen molar-refractivity contribution >= 4 is 17.8 Å². The molecule has 1 aromatic carbocycles. The van der Waals surface area contributed by atoms with Crippen LogP contribution >= 0.6 is 0 Å². The summed E-state index contributed by atoms with van der Waals surface area (Å²) in [6.07, 6.45) is 5.93. The molecule has 1 amide bonds. The molecule has 0 saturated heterocycles. The maximum atomic E-state index is 12.4. The summed E-state index contributed by atoms with van der Waals surface area (Å²) in [5.74, 6) is 0.554. The van der Waals surface area contributed by atoms with Crippen molar-refractivity contribution in [3.63, 3.8) is 0 Å². The van der Waals surface area contributed by atoms with E-state index in [0.717, 1.165) is 22.6 Å². The molecule has 6 heteroatoms. The Morgan fingerprint density at radius 3 is 2.80 bits per heavy atom. The minimum absolute atomic E-state index is 0.292. The molecule has 3 rings (SSSR count). The van der Waals surface area contributed by atoms with Gasteiger partial charge < -0.3 is 14.6 Å². The van der Waals surface area contributed by atoms with Crippen LogP contribution < -0.4 is 10.1 Å². The minimum atomic E-state index is -0.292. The number of rotatable bonds is 8. The number of nitriles is 1. The Morgan fingerprint density at radius 2 is 2.03 bits per heavy atom. The van der Waals surface area contributed by atoms with Crippen LogP contribution in [0.15, 0.2) is 60.8 Å². The van der Waals surface area contributed by atoms with E-state index in [2.05, 4.69) is 39.1 Å². The topological polar surface area (TPSA) is 79.9 Å². The van der Waals surface area contributed by atoms with E-state index in [1.54, 1.807) is 24.4 Å². The van der Waals surface area contributed by atoms with Crippen LogP contribution in [0.3, 0.4) is 0 Å². The highest BCUT2D eigenvalue weighted by Gasteiger charge is 2.10. The number of amides is 1. The van der Waals surface area contributed by atoms with E-state index >= 15 is 0 Å². The highest BCUT2D eigenvalue weighted by molar-refractivity contribution is 6.02. The molecule has 0 fully saturated rings. The standard InChI is InChI=1S/C24H24N4O2/c1-18-17-20(19(2)28(18)21-9-4-3-5-10-21)12-13-23(29)27-24-22(11-8-15-26-24)30-16-7-6-14-25/h3-5,8-13,15,17H,6-7,16H2,1-2H3,(H,26,27,29)/b13-12+. The van der Waals surface area contributed by atoms with Crippen molar-refractivity contribution in [1.29, 1.82) is 5.26 Å². The van der Waals surface area contributed by atoms with Gasteiger partial charge in [0.2, 0.25) is 5.91 Å². The number of unbranched alkanes of at least 4 members (excludes halogenated alkanes) is 1. The van der Waals surface area contributed by atoms with Crippen LogP contribution in [0.1, 0.15) is 29.8 Å². The van der Waals surface area contributed by atoms with E-state index < -0.39 is 0 Å². The van der Waals surface area contributed by atoms with Gasteiger partial charge >= 0.3 is 0 Å². The van der Waals surface area contributed by atoms with Gasteiger partial charge in [-0.25, -0.2) is 4.98 Å². The van der Waals surface area contributed by atoms with E-state index in [4.69, 9.17) is 10.00 Å². The van der Waals surface area contributed by atoms with Crippen LogP contribution in [-0.2, 0) is 4.79 Å². The monoisotopic (exact) mass is 400 g/mol. The number of anilines is 1. The largest absolute Gasteiger partial charge is 0.490 e. The van der Waals surface area contributed by atoms with E-state index in [1.165, 1.54) is 6.08 Å². The maximum Gasteiger partial charge on any atom is 0.249 e. The van der Waals surface area contributed by atoms with Crippen molar-refractivity contribution < 1.29 is 9.53 Å². The lowest BCUT2D eigenvalue weighted by atomic mass is 10.2. The number of pyridine rings is 1. The highest BCUT2D eigenvalue weighted by atomic mass is 16.5. The Labute approximate surface area is 176 Å². The lowest BCUT2D eigenvalue weighted by Crippen LogP contribution is -2.11. The Balaban J connectivity index is 1.70. The number of carbonyl (C=O) groups excluding carboxylic acids is 1. The summed E-state index contributed by atoms with van der Waals surface area (Å²) in [6, 6.07) is 17.7. The van der Waals surface area contributed by atoms with Crippen LogP contribution in [0, 0.1) is 25.2 Å². The second-order valence-electron chi connectivity index (χ2n) is 6.78. The number of hydrogen-bond acceptors (Lipinski definition) is 4. The minimum Gasteiger partial charge on any atom is -0.490 e. The van der Waals surface area contributed by atoms with E-state index in [1.807, 2.05) is 32.0 Å². The third-order valence-corrected chi connectivity index (χ3v) is 4.60. The number of ether oxygens (including phenoxy) is 1. The number of para-hydroxylation sites is 1. The first kappa shape index (κ1) is 20.9. The van der Waals surface area contributed by atoms with Gasteiger partial charge in [0.25, 0.3) is 0 Å². The van der Waals surface area contributed by atoms with Gasteiger partial charge in [-0.05, 0) is 62.2 Å². The fourth-order valence-electron chi connectivity index (χ4n) is 3.19. The number of aromatic nitrogens is 2. The van der Waals surface area contributed by atoms with Crippen LogP contribution in [0.25, 0.3) is 11.8 Å². The summed E-state index contributed by atoms with van der Waals surface area (Å²) in [7, 11) is 0. The van der Waals surface area contributed by atoms with Crippen molar-refractivity contribution in [3.8, 4) is 17.5 Å². The Hall–Kier alpha value is -3.85. The number of hydrogen-bond donors (Lipinski definition) is 1. The third kappa shape index (κ3) is 5.15. The fraction of sp³-hybridized carbons (Fsp3) is 0.208. The normalized spacial score (nSPS) is 10.7. The number of carbonyl (C=O) groups is 1. The quantitative estimate of drug-likeness (QED) is 0.434. The molecule has 0 atom stereocenters. The average Bonchev–Trinajstić information content (AvgIpc) is 3.04. The van der Waals surface area contributed by atoms with E-state index in [0.29, 0.717) is 31.0 Å². The molecular weight excluding hydrogens is 376 g/mol. The molecule has 0 spiro atoms. The Kier molecular flexibility index (Phi) is 7.01. The molecule has 3 aromatic rings. The summed E-state index contributed by atoms with van der Waals surface area (Å²) in [5, 5.41) is 11.4. The highest BCUT2D eigenvalue weighted by Crippen LogP contribution is 2.23. The zero-order chi connectivity index (χ0) is 21.3. The van der Waals surface area contributed by atoms with Crippen LogP contribution in [0.5, 0.6) is 5.75 Å². The molecule has 0 radical (unpaired) electrons. The number of nitrogens with zero attached hydrogens (tertiary/aromatic N) is 3. The molecule has 2 aromatic heterocycles. The molecule has 0 aliphatic carbocycles. The van der Waals surface area contributed by atoms with Gasteiger partial charge in [0.1, 0.15) is 0 Å². The van der Waals surface area contributed by atoms with Gasteiger partial charge in [-0.1, -0.05) is 18.2 Å².